The van der Waals surface area contributed by atoms with Gasteiger partial charge < -0.3 is 14.8 Å². The summed E-state index contributed by atoms with van der Waals surface area (Å²) in [6.45, 7) is 4.41. The number of amides is 1. The lowest BCUT2D eigenvalue weighted by Crippen LogP contribution is -2.48. The number of benzene rings is 1. The molecule has 0 saturated carbocycles. The smallest absolute Gasteiger partial charge is 0.242 e. The molecule has 6 heteroatoms. The highest BCUT2D eigenvalue weighted by Gasteiger charge is 2.27. The van der Waals surface area contributed by atoms with Crippen LogP contribution in [0.25, 0.3) is 0 Å². The van der Waals surface area contributed by atoms with Crippen molar-refractivity contribution in [2.24, 2.45) is 0 Å². The molecule has 2 atom stereocenters. The van der Waals surface area contributed by atoms with Crippen LogP contribution in [0.5, 0.6) is 11.5 Å². The highest BCUT2D eigenvalue weighted by Crippen LogP contribution is 2.31. The first-order valence-corrected chi connectivity index (χ1v) is 7.30. The molecule has 3 rings (SSSR count). The molecular formula is C16H19N3O3. The molecule has 0 unspecified atom stereocenters. The van der Waals surface area contributed by atoms with Gasteiger partial charge in [-0.05, 0) is 32.0 Å². The van der Waals surface area contributed by atoms with Crippen molar-refractivity contribution >= 4 is 5.91 Å². The third-order valence-electron chi connectivity index (χ3n) is 3.56. The first kappa shape index (κ1) is 14.4. The summed E-state index contributed by atoms with van der Waals surface area (Å²) in [7, 11) is 0. The summed E-state index contributed by atoms with van der Waals surface area (Å²) in [5.74, 6) is 1.35. The molecule has 22 heavy (non-hydrogen) atoms. The number of para-hydroxylation sites is 2. The van der Waals surface area contributed by atoms with Crippen LogP contribution >= 0.6 is 0 Å². The van der Waals surface area contributed by atoms with Gasteiger partial charge in [0.25, 0.3) is 0 Å². The van der Waals surface area contributed by atoms with Crippen LogP contribution in [0.1, 0.15) is 12.6 Å². The zero-order valence-corrected chi connectivity index (χ0v) is 12.7. The number of hydrogen-bond donors (Lipinski definition) is 1. The van der Waals surface area contributed by atoms with Crippen molar-refractivity contribution in [3.05, 3.63) is 42.2 Å². The fourth-order valence-corrected chi connectivity index (χ4v) is 2.37. The van der Waals surface area contributed by atoms with Crippen LogP contribution in [-0.4, -0.2) is 34.4 Å². The quantitative estimate of drug-likeness (QED) is 0.930. The Kier molecular flexibility index (Phi) is 4.00. The molecule has 1 aliphatic heterocycles. The Bertz CT molecular complexity index is 668. The minimum absolute atomic E-state index is 0.0990. The van der Waals surface area contributed by atoms with E-state index in [1.165, 1.54) is 0 Å². The second kappa shape index (κ2) is 6.09. The van der Waals surface area contributed by atoms with Gasteiger partial charge in [0.1, 0.15) is 13.2 Å². The number of aryl methyl sites for hydroxylation is 1. The maximum Gasteiger partial charge on any atom is 0.242 e. The minimum Gasteiger partial charge on any atom is -0.486 e. The van der Waals surface area contributed by atoms with Crippen molar-refractivity contribution in [2.45, 2.75) is 32.5 Å². The van der Waals surface area contributed by atoms with Crippen molar-refractivity contribution in [1.82, 2.24) is 15.1 Å². The van der Waals surface area contributed by atoms with Crippen LogP contribution in [0, 0.1) is 6.92 Å². The first-order chi connectivity index (χ1) is 10.6. The molecular weight excluding hydrogens is 282 g/mol. The number of aromatic nitrogens is 2. The Morgan fingerprint density at radius 2 is 2.18 bits per heavy atom. The van der Waals surface area contributed by atoms with Crippen molar-refractivity contribution in [2.75, 3.05) is 6.61 Å². The van der Waals surface area contributed by atoms with E-state index in [0.29, 0.717) is 12.4 Å². The highest BCUT2D eigenvalue weighted by atomic mass is 16.6. The number of hydrogen-bond acceptors (Lipinski definition) is 4. The largest absolute Gasteiger partial charge is 0.486 e. The SMILES string of the molecule is Cc1ccn(CC(=O)N[C@H](C)[C@@H]2COc3ccccc3O2)n1. The number of carbonyl (C=O) groups is 1. The van der Waals surface area contributed by atoms with Crippen LogP contribution < -0.4 is 14.8 Å². The fraction of sp³-hybridized carbons (Fsp3) is 0.375. The van der Waals surface area contributed by atoms with Crippen LogP contribution in [0.2, 0.25) is 0 Å². The predicted octanol–water partition coefficient (Wildman–Crippen LogP) is 1.54. The van der Waals surface area contributed by atoms with Gasteiger partial charge in [0.15, 0.2) is 17.6 Å². The standard InChI is InChI=1S/C16H19N3O3/c1-11-7-8-19(18-11)9-16(20)17-12(2)15-10-21-13-5-3-4-6-14(13)22-15/h3-8,12,15H,9-10H2,1-2H3,(H,17,20)/t12-,15+/m1/s1. The molecule has 1 aromatic carbocycles. The lowest BCUT2D eigenvalue weighted by atomic mass is 10.1. The van der Waals surface area contributed by atoms with E-state index in [1.54, 1.807) is 10.9 Å². The topological polar surface area (TPSA) is 65.4 Å². The molecule has 116 valence electrons. The zero-order valence-electron chi connectivity index (χ0n) is 12.7. The molecule has 0 spiro atoms. The number of carbonyl (C=O) groups excluding carboxylic acids is 1. The maximum atomic E-state index is 12.1. The molecule has 0 aliphatic carbocycles. The summed E-state index contributed by atoms with van der Waals surface area (Å²) >= 11 is 0. The molecule has 0 bridgehead atoms. The molecule has 1 aromatic heterocycles. The van der Waals surface area contributed by atoms with E-state index in [9.17, 15) is 4.79 Å². The number of rotatable bonds is 4. The summed E-state index contributed by atoms with van der Waals surface area (Å²) in [5.41, 5.74) is 0.890. The summed E-state index contributed by atoms with van der Waals surface area (Å²) in [5, 5.41) is 7.13. The van der Waals surface area contributed by atoms with Gasteiger partial charge in [-0.15, -0.1) is 0 Å². The molecule has 0 fully saturated rings. The molecule has 0 radical (unpaired) electrons. The van der Waals surface area contributed by atoms with Crippen LogP contribution in [0.3, 0.4) is 0 Å². The summed E-state index contributed by atoms with van der Waals surface area (Å²) < 4.78 is 13.2. The molecule has 2 aromatic rings. The van der Waals surface area contributed by atoms with Gasteiger partial charge in [-0.3, -0.25) is 9.48 Å². The normalized spacial score (nSPS) is 17.8. The Hall–Kier alpha value is -2.50. The van der Waals surface area contributed by atoms with Crippen molar-refractivity contribution in [3.8, 4) is 11.5 Å². The molecule has 2 heterocycles. The van der Waals surface area contributed by atoms with Crippen LogP contribution in [0.4, 0.5) is 0 Å². The Labute approximate surface area is 129 Å². The van der Waals surface area contributed by atoms with Gasteiger partial charge >= 0.3 is 0 Å². The number of nitrogens with zero attached hydrogens (tertiary/aromatic N) is 2. The highest BCUT2D eigenvalue weighted by molar-refractivity contribution is 5.76. The number of nitrogens with one attached hydrogen (secondary N) is 1. The van der Waals surface area contributed by atoms with E-state index in [4.69, 9.17) is 9.47 Å². The average Bonchev–Trinajstić information content (AvgIpc) is 2.91. The predicted molar refractivity (Wildman–Crippen MR) is 80.9 cm³/mol. The first-order valence-electron chi connectivity index (χ1n) is 7.30. The van der Waals surface area contributed by atoms with E-state index in [-0.39, 0.29) is 24.6 Å². The number of ether oxygens (including phenoxy) is 2. The average molecular weight is 301 g/mol. The molecule has 6 nitrogen and oxygen atoms in total. The van der Waals surface area contributed by atoms with Crippen LogP contribution in [0.15, 0.2) is 36.5 Å². The van der Waals surface area contributed by atoms with E-state index in [0.717, 1.165) is 11.4 Å². The van der Waals surface area contributed by atoms with Gasteiger partial charge in [0, 0.05) is 6.20 Å². The third-order valence-corrected chi connectivity index (χ3v) is 3.56. The van der Waals surface area contributed by atoms with Crippen molar-refractivity contribution in [1.29, 1.82) is 0 Å². The lowest BCUT2D eigenvalue weighted by Gasteiger charge is -2.30. The molecule has 1 aliphatic rings. The van der Waals surface area contributed by atoms with Gasteiger partial charge in [-0.1, -0.05) is 12.1 Å². The summed E-state index contributed by atoms with van der Waals surface area (Å²) in [4.78, 5) is 12.1. The lowest BCUT2D eigenvalue weighted by molar-refractivity contribution is -0.123. The second-order valence-electron chi connectivity index (χ2n) is 5.42. The van der Waals surface area contributed by atoms with Gasteiger partial charge in [0.05, 0.1) is 11.7 Å². The molecule has 0 saturated heterocycles. The maximum absolute atomic E-state index is 12.1. The van der Waals surface area contributed by atoms with Crippen LogP contribution in [-0.2, 0) is 11.3 Å². The Balaban J connectivity index is 1.56. The van der Waals surface area contributed by atoms with E-state index in [2.05, 4.69) is 10.4 Å². The minimum atomic E-state index is -0.210. The number of fused-ring (bicyclic) bond motifs is 1. The van der Waals surface area contributed by atoms with Gasteiger partial charge in [-0.25, -0.2) is 0 Å². The van der Waals surface area contributed by atoms with E-state index >= 15 is 0 Å². The van der Waals surface area contributed by atoms with Gasteiger partial charge in [-0.2, -0.15) is 5.10 Å². The van der Waals surface area contributed by atoms with Crippen molar-refractivity contribution in [3.63, 3.8) is 0 Å². The second-order valence-corrected chi connectivity index (χ2v) is 5.42. The van der Waals surface area contributed by atoms with E-state index in [1.807, 2.05) is 44.2 Å². The Morgan fingerprint density at radius 3 is 2.91 bits per heavy atom. The van der Waals surface area contributed by atoms with E-state index < -0.39 is 0 Å². The molecule has 1 N–H and O–H groups in total. The van der Waals surface area contributed by atoms with Gasteiger partial charge in [0.2, 0.25) is 5.91 Å². The summed E-state index contributed by atoms with van der Waals surface area (Å²) in [6, 6.07) is 9.24. The zero-order chi connectivity index (χ0) is 15.5. The fourth-order valence-electron chi connectivity index (χ4n) is 2.37. The monoisotopic (exact) mass is 301 g/mol. The van der Waals surface area contributed by atoms with Crippen molar-refractivity contribution < 1.29 is 14.3 Å². The Morgan fingerprint density at radius 1 is 1.41 bits per heavy atom. The third kappa shape index (κ3) is 3.21. The summed E-state index contributed by atoms with van der Waals surface area (Å²) in [6.07, 6.45) is 1.58. The molecule has 1 amide bonds.